The van der Waals surface area contributed by atoms with Crippen molar-refractivity contribution in [1.29, 1.82) is 0 Å². The Morgan fingerprint density at radius 2 is 1.68 bits per heavy atom. The van der Waals surface area contributed by atoms with Gasteiger partial charge < -0.3 is 30.4 Å². The van der Waals surface area contributed by atoms with E-state index in [-0.39, 0.29) is 66.1 Å². The molecular weight excluding hydrogens is 799 g/mol. The van der Waals surface area contributed by atoms with E-state index in [2.05, 4.69) is 16.0 Å². The molecule has 1 aliphatic carbocycles. The Balaban J connectivity index is 0.844. The van der Waals surface area contributed by atoms with Gasteiger partial charge in [0.05, 0.1) is 16.6 Å². The maximum absolute atomic E-state index is 14.1. The fourth-order valence-corrected chi connectivity index (χ4v) is 8.03. The minimum atomic E-state index is -2.67. The number of carbonyl (C=O) groups is 6. The standard InChI is InChI=1S/C43H44F2N6O8S/c44-43(45)16-14-28(15-17-43)50-22-31(25-6-4-7-26(20-25)39(46)60)29-11-10-27(21-33(29)50)48-37(54)23-58-19-3-1-2-18-47-36(53)24-59-34-9-5-8-30-38(34)42(57)51(41(30)56)32-12-13-35(52)49-40(32)55/h4-11,20-22,28,32H,1-3,12-19,23-24H2,(H2,46,60)(H,47,53)(H,48,54)(H,49,52,55). The van der Waals surface area contributed by atoms with E-state index in [1.165, 1.54) is 18.2 Å². The first-order chi connectivity index (χ1) is 28.8. The summed E-state index contributed by atoms with van der Waals surface area (Å²) < 4.78 is 41.4. The quantitative estimate of drug-likeness (QED) is 0.0644. The highest BCUT2D eigenvalue weighted by molar-refractivity contribution is 7.80. The second-order valence-electron chi connectivity index (χ2n) is 15.1. The lowest BCUT2D eigenvalue weighted by Gasteiger charge is -2.29. The van der Waals surface area contributed by atoms with Crippen LogP contribution in [-0.4, -0.2) is 88.2 Å². The summed E-state index contributed by atoms with van der Waals surface area (Å²) in [5, 5.41) is 8.68. The minimum absolute atomic E-state index is 0.00393. The van der Waals surface area contributed by atoms with Crippen molar-refractivity contribution < 1.29 is 47.0 Å². The SMILES string of the molecule is NC(=S)c1cccc(-c2cn(C3CCC(F)(F)CC3)c3cc(NC(=O)COCCCCCNC(=O)COc4cccc5c4C(=O)N(C4CCC(=O)NC4=O)C5=O)ccc23)c1. The summed E-state index contributed by atoms with van der Waals surface area (Å²) in [6.07, 6.45) is 4.23. The lowest BCUT2D eigenvalue weighted by molar-refractivity contribution is -0.136. The van der Waals surface area contributed by atoms with E-state index < -0.39 is 48.1 Å². The first kappa shape index (κ1) is 42.1. The topological polar surface area (TPSA) is 191 Å². The molecule has 1 saturated heterocycles. The van der Waals surface area contributed by atoms with E-state index in [4.69, 9.17) is 27.4 Å². The number of benzene rings is 3. The Morgan fingerprint density at radius 3 is 2.45 bits per heavy atom. The van der Waals surface area contributed by atoms with E-state index in [9.17, 15) is 37.5 Å². The molecule has 4 aromatic rings. The molecule has 3 aromatic carbocycles. The average molecular weight is 843 g/mol. The van der Waals surface area contributed by atoms with Crippen molar-refractivity contribution in [3.63, 3.8) is 0 Å². The largest absolute Gasteiger partial charge is 0.483 e. The average Bonchev–Trinajstić information content (AvgIpc) is 3.72. The summed E-state index contributed by atoms with van der Waals surface area (Å²) >= 11 is 5.19. The Morgan fingerprint density at radius 1 is 0.900 bits per heavy atom. The fourth-order valence-electron chi connectivity index (χ4n) is 7.90. The summed E-state index contributed by atoms with van der Waals surface area (Å²) in [5.74, 6) is -6.02. The van der Waals surface area contributed by atoms with E-state index in [0.717, 1.165) is 32.5 Å². The maximum Gasteiger partial charge on any atom is 0.266 e. The number of alkyl halides is 2. The van der Waals surface area contributed by atoms with Crippen LogP contribution in [0.2, 0.25) is 0 Å². The molecule has 0 radical (unpaired) electrons. The number of nitrogens with zero attached hydrogens (tertiary/aromatic N) is 2. The van der Waals surface area contributed by atoms with Crippen LogP contribution in [0.3, 0.4) is 0 Å². The number of halogens is 2. The number of amides is 6. The number of aromatic nitrogens is 1. The molecule has 2 fully saturated rings. The van der Waals surface area contributed by atoms with Crippen molar-refractivity contribution in [3.8, 4) is 16.9 Å². The first-order valence-corrected chi connectivity index (χ1v) is 20.2. The fraction of sp³-hybridized carbons (Fsp3) is 0.372. The first-order valence-electron chi connectivity index (χ1n) is 19.8. The maximum atomic E-state index is 14.1. The molecule has 60 heavy (non-hydrogen) atoms. The molecular formula is C43H44F2N6O8S. The molecule has 0 spiro atoms. The van der Waals surface area contributed by atoms with Crippen molar-refractivity contribution in [2.24, 2.45) is 5.73 Å². The van der Waals surface area contributed by atoms with Crippen molar-refractivity contribution in [2.45, 2.75) is 75.8 Å². The number of carbonyl (C=O) groups excluding carboxylic acids is 6. The molecule has 1 aromatic heterocycles. The number of nitrogens with two attached hydrogens (primary N) is 1. The van der Waals surface area contributed by atoms with Gasteiger partial charge in [-0.2, -0.15) is 0 Å². The van der Waals surface area contributed by atoms with Crippen LogP contribution < -0.4 is 26.4 Å². The highest BCUT2D eigenvalue weighted by Crippen LogP contribution is 2.42. The number of hydrogen-bond donors (Lipinski definition) is 4. The van der Waals surface area contributed by atoms with Crippen molar-refractivity contribution in [3.05, 3.63) is 83.6 Å². The van der Waals surface area contributed by atoms with Gasteiger partial charge >= 0.3 is 0 Å². The molecule has 14 nitrogen and oxygen atoms in total. The zero-order valence-corrected chi connectivity index (χ0v) is 33.4. The molecule has 1 saturated carbocycles. The van der Waals surface area contributed by atoms with Crippen LogP contribution in [0.4, 0.5) is 14.5 Å². The molecule has 1 unspecified atom stereocenters. The number of thiocarbonyl (C=S) groups is 1. The van der Waals surface area contributed by atoms with Crippen LogP contribution in [0.15, 0.2) is 66.9 Å². The Kier molecular flexibility index (Phi) is 12.7. The van der Waals surface area contributed by atoms with E-state index in [1.54, 1.807) is 6.07 Å². The van der Waals surface area contributed by atoms with Crippen LogP contribution in [0.5, 0.6) is 5.75 Å². The third-order valence-corrected chi connectivity index (χ3v) is 11.2. The number of rotatable bonds is 16. The van der Waals surface area contributed by atoms with E-state index in [1.807, 2.05) is 47.2 Å². The second kappa shape index (κ2) is 18.0. The molecule has 1 atom stereocenters. The van der Waals surface area contributed by atoms with Gasteiger partial charge in [-0.3, -0.25) is 39.0 Å². The molecule has 6 amide bonds. The number of ether oxygens (including phenoxy) is 2. The van der Waals surface area contributed by atoms with Gasteiger partial charge in [0.15, 0.2) is 6.61 Å². The van der Waals surface area contributed by atoms with Crippen LogP contribution >= 0.6 is 12.2 Å². The van der Waals surface area contributed by atoms with Crippen molar-refractivity contribution >= 4 is 69.2 Å². The molecule has 2 aliphatic heterocycles. The van der Waals surface area contributed by atoms with Gasteiger partial charge in [0, 0.05) is 66.9 Å². The summed E-state index contributed by atoms with van der Waals surface area (Å²) in [7, 11) is 0. The predicted octanol–water partition coefficient (Wildman–Crippen LogP) is 5.41. The van der Waals surface area contributed by atoms with Crippen LogP contribution in [0.1, 0.15) is 90.1 Å². The molecule has 17 heteroatoms. The lowest BCUT2D eigenvalue weighted by Crippen LogP contribution is -2.54. The molecule has 7 rings (SSSR count). The lowest BCUT2D eigenvalue weighted by atomic mass is 9.92. The zero-order chi connectivity index (χ0) is 42.6. The molecule has 314 valence electrons. The predicted molar refractivity (Wildman–Crippen MR) is 221 cm³/mol. The van der Waals surface area contributed by atoms with Gasteiger partial charge in [0.1, 0.15) is 23.4 Å². The smallest absolute Gasteiger partial charge is 0.266 e. The number of unbranched alkanes of at least 4 members (excludes halogenated alkanes) is 2. The van der Waals surface area contributed by atoms with Crippen LogP contribution in [0, 0.1) is 0 Å². The molecule has 3 heterocycles. The number of nitrogens with one attached hydrogen (secondary N) is 3. The second-order valence-corrected chi connectivity index (χ2v) is 15.6. The third kappa shape index (κ3) is 9.37. The van der Waals surface area contributed by atoms with Gasteiger partial charge in [0.25, 0.3) is 17.7 Å². The number of hydrogen-bond acceptors (Lipinski definition) is 9. The van der Waals surface area contributed by atoms with Gasteiger partial charge in [-0.1, -0.05) is 42.5 Å². The molecule has 3 aliphatic rings. The third-order valence-electron chi connectivity index (χ3n) is 11.0. The molecule has 0 bridgehead atoms. The van der Waals surface area contributed by atoms with E-state index >= 15 is 0 Å². The Hall–Kier alpha value is -6.07. The summed E-state index contributed by atoms with van der Waals surface area (Å²) in [6, 6.07) is 16.3. The van der Waals surface area contributed by atoms with Gasteiger partial charge in [-0.05, 0) is 74.4 Å². The monoisotopic (exact) mass is 842 g/mol. The Labute approximate surface area is 349 Å². The summed E-state index contributed by atoms with van der Waals surface area (Å²) in [6.45, 7) is 0.0720. The normalized spacial score (nSPS) is 17.7. The number of fused-ring (bicyclic) bond motifs is 2. The zero-order valence-electron chi connectivity index (χ0n) is 32.6. The van der Waals surface area contributed by atoms with Crippen LogP contribution in [-0.2, 0) is 23.9 Å². The number of imide groups is 2. The summed E-state index contributed by atoms with van der Waals surface area (Å²) in [5.41, 5.74) is 9.77. The van der Waals surface area contributed by atoms with Gasteiger partial charge in [0.2, 0.25) is 23.6 Å². The van der Waals surface area contributed by atoms with Gasteiger partial charge in [-0.25, -0.2) is 8.78 Å². The highest BCUT2D eigenvalue weighted by atomic mass is 32.1. The van der Waals surface area contributed by atoms with Crippen molar-refractivity contribution in [2.75, 3.05) is 31.7 Å². The minimum Gasteiger partial charge on any atom is -0.483 e. The van der Waals surface area contributed by atoms with Crippen LogP contribution in [0.25, 0.3) is 22.0 Å². The number of anilines is 1. The van der Waals surface area contributed by atoms with Gasteiger partial charge in [-0.15, -0.1) is 0 Å². The molecule has 5 N–H and O–H groups in total. The van der Waals surface area contributed by atoms with E-state index in [0.29, 0.717) is 50.9 Å². The number of piperidine rings is 1. The van der Waals surface area contributed by atoms with Crippen molar-refractivity contribution in [1.82, 2.24) is 20.1 Å². The summed E-state index contributed by atoms with van der Waals surface area (Å²) in [4.78, 5) is 76.6. The highest BCUT2D eigenvalue weighted by Gasteiger charge is 2.46. The Bertz CT molecular complexity index is 2370.